The molecule has 3 N–H and O–H groups in total. The SMILES string of the molecule is CC(CC(=O)OCC(=O)c1ccc(O)cc1O)NC(=O)c1ccccc1. The van der Waals surface area contributed by atoms with Gasteiger partial charge in [-0.3, -0.25) is 14.4 Å². The lowest BCUT2D eigenvalue weighted by atomic mass is 10.1. The van der Waals surface area contributed by atoms with Crippen molar-refractivity contribution in [1.29, 1.82) is 0 Å². The first-order valence-corrected chi connectivity index (χ1v) is 7.93. The monoisotopic (exact) mass is 357 g/mol. The van der Waals surface area contributed by atoms with Gasteiger partial charge in [0.15, 0.2) is 6.61 Å². The van der Waals surface area contributed by atoms with E-state index in [-0.39, 0.29) is 23.6 Å². The van der Waals surface area contributed by atoms with Crippen molar-refractivity contribution in [1.82, 2.24) is 5.32 Å². The summed E-state index contributed by atoms with van der Waals surface area (Å²) in [5.74, 6) is -2.14. The van der Waals surface area contributed by atoms with Gasteiger partial charge in [0.2, 0.25) is 5.78 Å². The van der Waals surface area contributed by atoms with Crippen molar-refractivity contribution in [3.63, 3.8) is 0 Å². The van der Waals surface area contributed by atoms with Crippen molar-refractivity contribution in [2.45, 2.75) is 19.4 Å². The molecule has 0 aliphatic carbocycles. The second kappa shape index (κ2) is 8.66. The molecule has 7 heteroatoms. The van der Waals surface area contributed by atoms with Crippen LogP contribution in [0.15, 0.2) is 48.5 Å². The highest BCUT2D eigenvalue weighted by Gasteiger charge is 2.17. The zero-order valence-electron chi connectivity index (χ0n) is 14.1. The largest absolute Gasteiger partial charge is 0.508 e. The first-order valence-electron chi connectivity index (χ1n) is 7.93. The number of ether oxygens (including phenoxy) is 1. The minimum absolute atomic E-state index is 0.0546. The molecule has 0 fully saturated rings. The molecule has 0 bridgehead atoms. The summed E-state index contributed by atoms with van der Waals surface area (Å²) in [6.07, 6.45) is -0.104. The number of carbonyl (C=O) groups excluding carboxylic acids is 3. The van der Waals surface area contributed by atoms with Gasteiger partial charge in [-0.2, -0.15) is 0 Å². The third kappa shape index (κ3) is 5.34. The van der Waals surface area contributed by atoms with Crippen molar-refractivity contribution in [2.75, 3.05) is 6.61 Å². The van der Waals surface area contributed by atoms with Crippen molar-refractivity contribution in [3.8, 4) is 11.5 Å². The van der Waals surface area contributed by atoms with Crippen LogP contribution in [0.5, 0.6) is 11.5 Å². The maximum Gasteiger partial charge on any atom is 0.308 e. The number of amides is 1. The smallest absolute Gasteiger partial charge is 0.308 e. The lowest BCUT2D eigenvalue weighted by Crippen LogP contribution is -2.34. The maximum absolute atomic E-state index is 12.0. The molecule has 0 saturated carbocycles. The van der Waals surface area contributed by atoms with Gasteiger partial charge in [-0.05, 0) is 31.2 Å². The van der Waals surface area contributed by atoms with Crippen LogP contribution in [0.3, 0.4) is 0 Å². The predicted molar refractivity (Wildman–Crippen MR) is 93.0 cm³/mol. The maximum atomic E-state index is 12.0. The number of Topliss-reactive ketones (excluding diaryl/α,β-unsaturated/α-hetero) is 1. The molecule has 1 amide bonds. The number of ketones is 1. The average Bonchev–Trinajstić information content (AvgIpc) is 2.60. The van der Waals surface area contributed by atoms with E-state index in [2.05, 4.69) is 5.32 Å². The van der Waals surface area contributed by atoms with Gasteiger partial charge in [-0.25, -0.2) is 0 Å². The Bertz CT molecular complexity index is 803. The zero-order valence-corrected chi connectivity index (χ0v) is 14.1. The Labute approximate surface area is 150 Å². The lowest BCUT2D eigenvalue weighted by molar-refractivity contribution is -0.142. The standard InChI is InChI=1S/C19H19NO6/c1-12(20-19(25)13-5-3-2-4-6-13)9-18(24)26-11-17(23)15-8-7-14(21)10-16(15)22/h2-8,10,12,21-22H,9,11H2,1H3,(H,20,25). The number of aromatic hydroxyl groups is 2. The summed E-state index contributed by atoms with van der Waals surface area (Å²) in [6, 6.07) is 11.6. The van der Waals surface area contributed by atoms with Crippen molar-refractivity contribution >= 4 is 17.7 Å². The van der Waals surface area contributed by atoms with Gasteiger partial charge in [0.1, 0.15) is 11.5 Å². The van der Waals surface area contributed by atoms with E-state index in [0.717, 1.165) is 6.07 Å². The second-order valence-electron chi connectivity index (χ2n) is 5.73. The van der Waals surface area contributed by atoms with Crippen LogP contribution in [0, 0.1) is 0 Å². The van der Waals surface area contributed by atoms with Crippen molar-refractivity contribution in [3.05, 3.63) is 59.7 Å². The summed E-state index contributed by atoms with van der Waals surface area (Å²) in [7, 11) is 0. The summed E-state index contributed by atoms with van der Waals surface area (Å²) in [6.45, 7) is 1.10. The second-order valence-corrected chi connectivity index (χ2v) is 5.73. The van der Waals surface area contributed by atoms with Crippen LogP contribution in [0.1, 0.15) is 34.1 Å². The molecule has 7 nitrogen and oxygen atoms in total. The normalized spacial score (nSPS) is 11.4. The highest BCUT2D eigenvalue weighted by atomic mass is 16.5. The van der Waals surface area contributed by atoms with Crippen molar-refractivity contribution < 1.29 is 29.3 Å². The van der Waals surface area contributed by atoms with Gasteiger partial charge in [0, 0.05) is 17.7 Å². The quantitative estimate of drug-likeness (QED) is 0.516. The van der Waals surface area contributed by atoms with E-state index >= 15 is 0 Å². The first-order chi connectivity index (χ1) is 12.4. The van der Waals surface area contributed by atoms with E-state index in [1.54, 1.807) is 37.3 Å². The molecule has 0 aromatic heterocycles. The molecule has 0 spiro atoms. The first kappa shape index (κ1) is 19.0. The third-order valence-electron chi connectivity index (χ3n) is 3.53. The van der Waals surface area contributed by atoms with Crippen LogP contribution < -0.4 is 5.32 Å². The zero-order chi connectivity index (χ0) is 19.1. The highest BCUT2D eigenvalue weighted by Crippen LogP contribution is 2.22. The molecule has 26 heavy (non-hydrogen) atoms. The number of hydrogen-bond donors (Lipinski definition) is 3. The summed E-state index contributed by atoms with van der Waals surface area (Å²) in [5.41, 5.74) is 0.423. The minimum atomic E-state index is -0.655. The Hall–Kier alpha value is -3.35. The van der Waals surface area contributed by atoms with Gasteiger partial charge in [0.05, 0.1) is 12.0 Å². The number of rotatable bonds is 7. The Balaban J connectivity index is 1.80. The van der Waals surface area contributed by atoms with Gasteiger partial charge >= 0.3 is 5.97 Å². The number of hydrogen-bond acceptors (Lipinski definition) is 6. The Morgan fingerprint density at radius 3 is 2.42 bits per heavy atom. The van der Waals surface area contributed by atoms with E-state index in [0.29, 0.717) is 5.56 Å². The molecule has 0 saturated heterocycles. The molecular weight excluding hydrogens is 338 g/mol. The molecule has 0 aliphatic rings. The number of carbonyl (C=O) groups is 3. The molecule has 0 radical (unpaired) electrons. The van der Waals surface area contributed by atoms with Crippen LogP contribution in [-0.4, -0.2) is 40.5 Å². The van der Waals surface area contributed by atoms with Gasteiger partial charge < -0.3 is 20.3 Å². The van der Waals surface area contributed by atoms with Crippen LogP contribution in [0.4, 0.5) is 0 Å². The van der Waals surface area contributed by atoms with E-state index in [4.69, 9.17) is 4.74 Å². The number of phenols is 2. The summed E-state index contributed by atoms with van der Waals surface area (Å²) in [5, 5.41) is 21.5. The fourth-order valence-corrected chi connectivity index (χ4v) is 2.24. The van der Waals surface area contributed by atoms with Crippen LogP contribution >= 0.6 is 0 Å². The molecule has 1 atom stereocenters. The van der Waals surface area contributed by atoms with E-state index in [1.165, 1.54) is 12.1 Å². The molecule has 2 aromatic carbocycles. The third-order valence-corrected chi connectivity index (χ3v) is 3.53. The summed E-state index contributed by atoms with van der Waals surface area (Å²) >= 11 is 0. The summed E-state index contributed by atoms with van der Waals surface area (Å²) in [4.78, 5) is 35.7. The number of esters is 1. The molecular formula is C19H19NO6. The fraction of sp³-hybridized carbons (Fsp3) is 0.211. The number of benzene rings is 2. The Morgan fingerprint density at radius 1 is 1.08 bits per heavy atom. The lowest BCUT2D eigenvalue weighted by Gasteiger charge is -2.13. The fourth-order valence-electron chi connectivity index (χ4n) is 2.24. The Kier molecular flexibility index (Phi) is 6.32. The average molecular weight is 357 g/mol. The number of phenolic OH excluding ortho intramolecular Hbond substituents is 2. The van der Waals surface area contributed by atoms with E-state index in [1.807, 2.05) is 0 Å². The van der Waals surface area contributed by atoms with Gasteiger partial charge in [-0.1, -0.05) is 18.2 Å². The topological polar surface area (TPSA) is 113 Å². The number of nitrogens with one attached hydrogen (secondary N) is 1. The van der Waals surface area contributed by atoms with Crippen molar-refractivity contribution in [2.24, 2.45) is 0 Å². The molecule has 2 aromatic rings. The Morgan fingerprint density at radius 2 is 1.77 bits per heavy atom. The molecule has 136 valence electrons. The van der Waals surface area contributed by atoms with Crippen LogP contribution in [0.2, 0.25) is 0 Å². The van der Waals surface area contributed by atoms with Crippen LogP contribution in [0.25, 0.3) is 0 Å². The van der Waals surface area contributed by atoms with Crippen LogP contribution in [-0.2, 0) is 9.53 Å². The minimum Gasteiger partial charge on any atom is -0.508 e. The molecule has 1 unspecified atom stereocenters. The molecule has 0 aliphatic heterocycles. The molecule has 0 heterocycles. The molecule has 2 rings (SSSR count). The van der Waals surface area contributed by atoms with E-state index < -0.39 is 30.2 Å². The summed E-state index contributed by atoms with van der Waals surface area (Å²) < 4.78 is 4.89. The van der Waals surface area contributed by atoms with Gasteiger partial charge in [0.25, 0.3) is 5.91 Å². The van der Waals surface area contributed by atoms with Gasteiger partial charge in [-0.15, -0.1) is 0 Å². The predicted octanol–water partition coefficient (Wildman–Crippen LogP) is 2.03. The highest BCUT2D eigenvalue weighted by molar-refractivity contribution is 6.00. The van der Waals surface area contributed by atoms with E-state index in [9.17, 15) is 24.6 Å².